The van der Waals surface area contributed by atoms with Crippen molar-refractivity contribution in [3.8, 4) is 0 Å². The fourth-order valence-corrected chi connectivity index (χ4v) is 4.42. The topological polar surface area (TPSA) is 62.0 Å². The molecular formula is C18H16F2N2O2S. The van der Waals surface area contributed by atoms with E-state index in [-0.39, 0.29) is 4.90 Å². The number of aromatic nitrogens is 1. The molecule has 4 nitrogen and oxygen atoms in total. The van der Waals surface area contributed by atoms with Crippen molar-refractivity contribution in [3.63, 3.8) is 0 Å². The molecule has 1 aromatic heterocycles. The zero-order chi connectivity index (χ0) is 17.6. The molecule has 0 atom stereocenters. The van der Waals surface area contributed by atoms with Crippen LogP contribution in [0.1, 0.15) is 24.1 Å². The van der Waals surface area contributed by atoms with Crippen molar-refractivity contribution >= 4 is 26.6 Å². The van der Waals surface area contributed by atoms with Crippen LogP contribution in [0.3, 0.4) is 0 Å². The van der Waals surface area contributed by atoms with Gasteiger partial charge in [0.05, 0.1) is 10.6 Å². The van der Waals surface area contributed by atoms with Gasteiger partial charge in [0.2, 0.25) is 0 Å². The van der Waals surface area contributed by atoms with E-state index in [0.717, 1.165) is 66.0 Å². The zero-order valence-electron chi connectivity index (χ0n) is 13.3. The third-order valence-corrected chi connectivity index (χ3v) is 5.92. The molecule has 2 aromatic carbocycles. The predicted molar refractivity (Wildman–Crippen MR) is 92.1 cm³/mol. The minimum Gasteiger partial charge on any atom is -0.358 e. The van der Waals surface area contributed by atoms with Crippen LogP contribution in [0.25, 0.3) is 10.9 Å². The lowest BCUT2D eigenvalue weighted by Crippen LogP contribution is -2.14. The predicted octanol–water partition coefficient (Wildman–Crippen LogP) is 4.13. The first-order chi connectivity index (χ1) is 11.9. The number of fused-ring (bicyclic) bond motifs is 3. The van der Waals surface area contributed by atoms with Crippen LogP contribution >= 0.6 is 0 Å². The Morgan fingerprint density at radius 3 is 2.64 bits per heavy atom. The van der Waals surface area contributed by atoms with Crippen LogP contribution in [0.15, 0.2) is 41.3 Å². The largest absolute Gasteiger partial charge is 0.358 e. The molecule has 0 aliphatic heterocycles. The second-order valence-corrected chi connectivity index (χ2v) is 7.91. The van der Waals surface area contributed by atoms with Gasteiger partial charge in [0.25, 0.3) is 10.0 Å². The molecule has 0 amide bonds. The van der Waals surface area contributed by atoms with E-state index >= 15 is 0 Å². The Morgan fingerprint density at radius 2 is 1.80 bits per heavy atom. The molecule has 4 rings (SSSR count). The van der Waals surface area contributed by atoms with Crippen molar-refractivity contribution in [1.82, 2.24) is 4.98 Å². The highest BCUT2D eigenvalue weighted by atomic mass is 32.2. The average molecular weight is 362 g/mol. The second-order valence-electron chi connectivity index (χ2n) is 6.23. The average Bonchev–Trinajstić information content (AvgIpc) is 2.96. The molecule has 7 heteroatoms. The second kappa shape index (κ2) is 5.84. The SMILES string of the molecule is O=S(=O)(Nc1cc(F)ccc1F)c1ccc2[nH]c3c(c2c1)CCCC3. The first-order valence-corrected chi connectivity index (χ1v) is 9.54. The minimum absolute atomic E-state index is 0.0241. The summed E-state index contributed by atoms with van der Waals surface area (Å²) in [7, 11) is -4.02. The quantitative estimate of drug-likeness (QED) is 0.736. The molecule has 25 heavy (non-hydrogen) atoms. The van der Waals surface area contributed by atoms with E-state index in [1.54, 1.807) is 12.1 Å². The first kappa shape index (κ1) is 16.1. The number of hydrogen-bond acceptors (Lipinski definition) is 2. The molecule has 130 valence electrons. The monoisotopic (exact) mass is 362 g/mol. The highest BCUT2D eigenvalue weighted by Gasteiger charge is 2.20. The molecule has 0 spiro atoms. The van der Waals surface area contributed by atoms with Crippen LogP contribution in [0.5, 0.6) is 0 Å². The van der Waals surface area contributed by atoms with E-state index < -0.39 is 27.3 Å². The Bertz CT molecular complexity index is 1070. The fourth-order valence-electron chi connectivity index (χ4n) is 3.33. The molecule has 1 heterocycles. The van der Waals surface area contributed by atoms with Crippen molar-refractivity contribution < 1.29 is 17.2 Å². The van der Waals surface area contributed by atoms with Crippen LogP contribution in [-0.2, 0) is 22.9 Å². The van der Waals surface area contributed by atoms with Gasteiger partial charge in [-0.25, -0.2) is 17.2 Å². The molecule has 1 aliphatic rings. The number of hydrogen-bond donors (Lipinski definition) is 2. The normalized spacial score (nSPS) is 14.5. The third kappa shape index (κ3) is 2.89. The van der Waals surface area contributed by atoms with Gasteiger partial charge >= 0.3 is 0 Å². The van der Waals surface area contributed by atoms with Gasteiger partial charge in [-0.2, -0.15) is 0 Å². The number of anilines is 1. The molecule has 2 N–H and O–H groups in total. The number of H-pyrrole nitrogens is 1. The van der Waals surface area contributed by atoms with Crippen LogP contribution < -0.4 is 4.72 Å². The van der Waals surface area contributed by atoms with E-state index in [9.17, 15) is 17.2 Å². The summed E-state index contributed by atoms with van der Waals surface area (Å²) >= 11 is 0. The number of benzene rings is 2. The summed E-state index contributed by atoms with van der Waals surface area (Å²) in [6.45, 7) is 0. The number of nitrogens with one attached hydrogen (secondary N) is 2. The zero-order valence-corrected chi connectivity index (χ0v) is 14.1. The van der Waals surface area contributed by atoms with Crippen molar-refractivity contribution in [2.24, 2.45) is 0 Å². The summed E-state index contributed by atoms with van der Waals surface area (Å²) < 4.78 is 54.3. The number of aryl methyl sites for hydroxylation is 2. The van der Waals surface area contributed by atoms with Crippen molar-refractivity contribution in [2.75, 3.05) is 4.72 Å². The van der Waals surface area contributed by atoms with Crippen LogP contribution in [0.2, 0.25) is 0 Å². The van der Waals surface area contributed by atoms with Crippen molar-refractivity contribution in [1.29, 1.82) is 0 Å². The maximum Gasteiger partial charge on any atom is 0.262 e. The summed E-state index contributed by atoms with van der Waals surface area (Å²) in [5.74, 6) is -1.54. The van der Waals surface area contributed by atoms with Crippen LogP contribution in [0, 0.1) is 11.6 Å². The Balaban J connectivity index is 1.76. The number of halogens is 2. The van der Waals surface area contributed by atoms with Crippen LogP contribution in [0.4, 0.5) is 14.5 Å². The van der Waals surface area contributed by atoms with Crippen molar-refractivity contribution in [2.45, 2.75) is 30.6 Å². The Hall–Kier alpha value is -2.41. The lowest BCUT2D eigenvalue weighted by molar-refractivity contribution is 0.594. The number of aromatic amines is 1. The van der Waals surface area contributed by atoms with Crippen LogP contribution in [-0.4, -0.2) is 13.4 Å². The molecule has 0 saturated heterocycles. The van der Waals surface area contributed by atoms with Gasteiger partial charge in [-0.15, -0.1) is 0 Å². The van der Waals surface area contributed by atoms with Gasteiger partial charge in [-0.1, -0.05) is 0 Å². The Morgan fingerprint density at radius 1 is 1.00 bits per heavy atom. The van der Waals surface area contributed by atoms with Crippen molar-refractivity contribution in [3.05, 3.63) is 59.3 Å². The Labute approximate surface area is 143 Å². The standard InChI is InChI=1S/C18H16F2N2O2S/c19-11-5-7-15(20)18(9-11)22-25(23,24)12-6-8-17-14(10-12)13-3-1-2-4-16(13)21-17/h5-10,21-22H,1-4H2. The summed E-state index contributed by atoms with van der Waals surface area (Å²) in [6.07, 6.45) is 4.05. The summed E-state index contributed by atoms with van der Waals surface area (Å²) in [5.41, 5.74) is 2.79. The van der Waals surface area contributed by atoms with E-state index in [1.165, 1.54) is 6.07 Å². The van der Waals surface area contributed by atoms with E-state index in [2.05, 4.69) is 9.71 Å². The lowest BCUT2D eigenvalue weighted by atomic mass is 9.96. The third-order valence-electron chi connectivity index (χ3n) is 4.55. The first-order valence-electron chi connectivity index (χ1n) is 8.05. The molecule has 3 aromatic rings. The van der Waals surface area contributed by atoms with E-state index in [4.69, 9.17) is 0 Å². The van der Waals surface area contributed by atoms with E-state index in [0.29, 0.717) is 0 Å². The minimum atomic E-state index is -4.02. The molecule has 0 bridgehead atoms. The van der Waals surface area contributed by atoms with E-state index in [1.807, 2.05) is 0 Å². The van der Waals surface area contributed by atoms with Gasteiger partial charge in [0, 0.05) is 22.7 Å². The number of sulfonamides is 1. The highest BCUT2D eigenvalue weighted by Crippen LogP contribution is 2.31. The molecular weight excluding hydrogens is 346 g/mol. The number of rotatable bonds is 3. The molecule has 0 radical (unpaired) electrons. The smallest absolute Gasteiger partial charge is 0.262 e. The summed E-state index contributed by atoms with van der Waals surface area (Å²) in [5, 5.41) is 0.872. The highest BCUT2D eigenvalue weighted by molar-refractivity contribution is 7.92. The van der Waals surface area contributed by atoms with Gasteiger partial charge in [-0.05, 0) is 61.6 Å². The maximum atomic E-state index is 13.7. The molecule has 0 fully saturated rings. The molecule has 0 unspecified atom stereocenters. The van der Waals surface area contributed by atoms with Gasteiger partial charge in [-0.3, -0.25) is 4.72 Å². The van der Waals surface area contributed by atoms with Gasteiger partial charge in [0.15, 0.2) is 0 Å². The molecule has 0 saturated carbocycles. The molecule has 1 aliphatic carbocycles. The summed E-state index contributed by atoms with van der Waals surface area (Å²) in [6, 6.07) is 7.41. The fraction of sp³-hybridized carbons (Fsp3) is 0.222. The maximum absolute atomic E-state index is 13.7. The summed E-state index contributed by atoms with van der Waals surface area (Å²) in [4.78, 5) is 3.36. The van der Waals surface area contributed by atoms with Gasteiger partial charge in [0.1, 0.15) is 11.6 Å². The lowest BCUT2D eigenvalue weighted by Gasteiger charge is -2.11. The van der Waals surface area contributed by atoms with Gasteiger partial charge < -0.3 is 4.98 Å². The Kier molecular flexibility index (Phi) is 3.76.